The summed E-state index contributed by atoms with van der Waals surface area (Å²) < 4.78 is 40.3. The number of benzene rings is 2. The first kappa shape index (κ1) is 33.5. The fourth-order valence-corrected chi connectivity index (χ4v) is 6.17. The number of ether oxygens (including phenoxy) is 2. The third kappa shape index (κ3) is 7.76. The van der Waals surface area contributed by atoms with Gasteiger partial charge < -0.3 is 29.6 Å². The van der Waals surface area contributed by atoms with Crippen molar-refractivity contribution in [1.82, 2.24) is 19.4 Å². The zero-order chi connectivity index (χ0) is 34.1. The van der Waals surface area contributed by atoms with Gasteiger partial charge in [-0.25, -0.2) is 13.4 Å². The van der Waals surface area contributed by atoms with Gasteiger partial charge in [-0.3, -0.25) is 14.3 Å². The maximum atomic E-state index is 13.8. The molecule has 1 fully saturated rings. The number of nitrogens with one attached hydrogen (secondary N) is 3. The van der Waals surface area contributed by atoms with Gasteiger partial charge in [-0.05, 0) is 48.1 Å². The van der Waals surface area contributed by atoms with E-state index in [-0.39, 0.29) is 28.8 Å². The van der Waals surface area contributed by atoms with E-state index in [1.165, 1.54) is 7.11 Å². The van der Waals surface area contributed by atoms with Crippen molar-refractivity contribution in [3.05, 3.63) is 59.9 Å². The van der Waals surface area contributed by atoms with Crippen LogP contribution in [0, 0.1) is 0 Å². The molecule has 47 heavy (non-hydrogen) atoms. The second-order valence-electron chi connectivity index (χ2n) is 12.7. The average molecular weight is 664 g/mol. The van der Waals surface area contributed by atoms with Crippen LogP contribution < -0.4 is 24.8 Å². The normalized spacial score (nSPS) is 14.1. The van der Waals surface area contributed by atoms with E-state index in [0.717, 1.165) is 30.0 Å². The summed E-state index contributed by atoms with van der Waals surface area (Å²) in [6.45, 7) is 8.92. The van der Waals surface area contributed by atoms with E-state index in [1.54, 1.807) is 55.1 Å². The molecule has 14 heteroatoms. The largest absolute Gasteiger partial charge is 0.492 e. The minimum Gasteiger partial charge on any atom is -0.492 e. The van der Waals surface area contributed by atoms with E-state index in [0.29, 0.717) is 47.6 Å². The summed E-state index contributed by atoms with van der Waals surface area (Å²) >= 11 is 0. The summed E-state index contributed by atoms with van der Waals surface area (Å²) in [5, 5.41) is 7.05. The topological polar surface area (TPSA) is 157 Å². The van der Waals surface area contributed by atoms with Gasteiger partial charge in [0.15, 0.2) is 11.5 Å². The Morgan fingerprint density at radius 3 is 2.38 bits per heavy atom. The molecule has 3 N–H and O–H groups in total. The lowest BCUT2D eigenvalue weighted by atomic mass is 9.86. The highest BCUT2D eigenvalue weighted by Crippen LogP contribution is 2.40. The van der Waals surface area contributed by atoms with Crippen molar-refractivity contribution < 1.29 is 27.5 Å². The Morgan fingerprint density at radius 2 is 1.74 bits per heavy atom. The first-order valence-electron chi connectivity index (χ1n) is 15.3. The van der Waals surface area contributed by atoms with Crippen molar-refractivity contribution in [3.8, 4) is 17.4 Å². The molecule has 1 aliphatic rings. The van der Waals surface area contributed by atoms with E-state index < -0.39 is 15.9 Å². The summed E-state index contributed by atoms with van der Waals surface area (Å²) in [6, 6.07) is 12.6. The fourth-order valence-electron chi connectivity index (χ4n) is 5.62. The van der Waals surface area contributed by atoms with Crippen LogP contribution in [-0.2, 0) is 27.3 Å². The molecule has 0 bridgehead atoms. The smallest absolute Gasteiger partial charge is 0.272 e. The molecule has 13 nitrogen and oxygen atoms in total. The van der Waals surface area contributed by atoms with Gasteiger partial charge in [0.2, 0.25) is 27.8 Å². The van der Waals surface area contributed by atoms with E-state index in [2.05, 4.69) is 25.3 Å². The minimum absolute atomic E-state index is 0.0797. The number of rotatable bonds is 9. The predicted molar refractivity (Wildman–Crippen MR) is 182 cm³/mol. The molecule has 1 saturated heterocycles. The second-order valence-corrected chi connectivity index (χ2v) is 14.5. The Morgan fingerprint density at radius 1 is 1.04 bits per heavy atom. The van der Waals surface area contributed by atoms with Crippen LogP contribution in [0.3, 0.4) is 0 Å². The Hall–Kier alpha value is -4.85. The molecule has 3 heterocycles. The zero-order valence-corrected chi connectivity index (χ0v) is 28.5. The number of sulfonamides is 1. The molecule has 0 saturated carbocycles. The lowest BCUT2D eigenvalue weighted by Gasteiger charge is -2.31. The number of amides is 2. The van der Waals surface area contributed by atoms with Crippen molar-refractivity contribution in [2.45, 2.75) is 52.0 Å². The molecule has 250 valence electrons. The number of aryl methyl sites for hydroxylation is 1. The van der Waals surface area contributed by atoms with Crippen LogP contribution in [0.25, 0.3) is 10.9 Å². The number of carbonyl (C=O) groups is 2. The predicted octanol–water partition coefficient (Wildman–Crippen LogP) is 5.11. The third-order valence-corrected chi connectivity index (χ3v) is 8.66. The van der Waals surface area contributed by atoms with Crippen LogP contribution in [-0.4, -0.2) is 72.2 Å². The summed E-state index contributed by atoms with van der Waals surface area (Å²) in [7, 11) is -0.441. The highest BCUT2D eigenvalue weighted by atomic mass is 32.2. The van der Waals surface area contributed by atoms with Crippen LogP contribution >= 0.6 is 0 Å². The van der Waals surface area contributed by atoms with Crippen LogP contribution in [0.15, 0.2) is 48.7 Å². The lowest BCUT2D eigenvalue weighted by molar-refractivity contribution is -0.129. The van der Waals surface area contributed by atoms with Gasteiger partial charge in [-0.15, -0.1) is 0 Å². The van der Waals surface area contributed by atoms with Gasteiger partial charge in [-0.2, -0.15) is 4.98 Å². The highest BCUT2D eigenvalue weighted by Gasteiger charge is 2.25. The highest BCUT2D eigenvalue weighted by molar-refractivity contribution is 7.92. The summed E-state index contributed by atoms with van der Waals surface area (Å²) in [5.41, 5.74) is 2.02. The number of hydrogen-bond acceptors (Lipinski definition) is 9. The van der Waals surface area contributed by atoms with Gasteiger partial charge in [0, 0.05) is 50.8 Å². The van der Waals surface area contributed by atoms with Crippen molar-refractivity contribution in [2.75, 3.05) is 41.8 Å². The standard InChI is InChI=1S/C33H41N7O6S/c1-20(41)40-15-12-23(13-16-40)35-32-34-14-11-28(37-32)46-27-10-8-9-21-17-26(39(5)29(21)27)31(42)36-24-18-22(33(2,3)4)19-25(30(24)45-6)38-47(7,43)44/h8-11,14,17-19,23,38H,12-13,15-16H2,1-7H3,(H,36,42)(H,34,35,37). The second kappa shape index (κ2) is 13.1. The Kier molecular flexibility index (Phi) is 9.34. The van der Waals surface area contributed by atoms with E-state index in [9.17, 15) is 18.0 Å². The number of aromatic nitrogens is 3. The number of likely N-dealkylation sites (tertiary alicyclic amines) is 1. The molecular formula is C33H41N7O6S. The van der Waals surface area contributed by atoms with E-state index in [1.807, 2.05) is 37.8 Å². The molecule has 2 aromatic heterocycles. The number of piperidine rings is 1. The number of methoxy groups -OCH3 is 1. The molecule has 4 aromatic rings. The van der Waals surface area contributed by atoms with Gasteiger partial charge in [0.05, 0.1) is 30.3 Å². The van der Waals surface area contributed by atoms with Crippen LogP contribution in [0.1, 0.15) is 56.6 Å². The van der Waals surface area contributed by atoms with Gasteiger partial charge in [0.1, 0.15) is 5.69 Å². The molecule has 0 aliphatic carbocycles. The maximum Gasteiger partial charge on any atom is 0.272 e. The molecular weight excluding hydrogens is 622 g/mol. The number of para-hydroxylation sites is 1. The zero-order valence-electron chi connectivity index (χ0n) is 27.7. The molecule has 0 spiro atoms. The van der Waals surface area contributed by atoms with Crippen LogP contribution in [0.5, 0.6) is 17.4 Å². The monoisotopic (exact) mass is 663 g/mol. The molecule has 2 aromatic carbocycles. The van der Waals surface area contributed by atoms with Gasteiger partial charge >= 0.3 is 0 Å². The first-order valence-corrected chi connectivity index (χ1v) is 17.1. The molecule has 5 rings (SSSR count). The van der Waals surface area contributed by atoms with E-state index >= 15 is 0 Å². The van der Waals surface area contributed by atoms with Crippen molar-refractivity contribution in [1.29, 1.82) is 0 Å². The SMILES string of the molecule is COc1c(NC(=O)c2cc3cccc(Oc4ccnc(NC5CCN(C(C)=O)CC5)n4)c3n2C)cc(C(C)(C)C)cc1NS(C)(=O)=O. The number of carbonyl (C=O) groups excluding carboxylic acids is 2. The van der Waals surface area contributed by atoms with Crippen LogP contribution in [0.2, 0.25) is 0 Å². The molecule has 0 radical (unpaired) electrons. The summed E-state index contributed by atoms with van der Waals surface area (Å²) in [6.07, 6.45) is 4.27. The van der Waals surface area contributed by atoms with Gasteiger partial charge in [0.25, 0.3) is 5.91 Å². The van der Waals surface area contributed by atoms with Crippen molar-refractivity contribution in [3.63, 3.8) is 0 Å². The summed E-state index contributed by atoms with van der Waals surface area (Å²) in [4.78, 5) is 36.2. The lowest BCUT2D eigenvalue weighted by Crippen LogP contribution is -2.41. The average Bonchev–Trinajstić information content (AvgIpc) is 3.33. The molecule has 1 aliphatic heterocycles. The number of nitrogens with zero attached hydrogens (tertiary/aromatic N) is 4. The molecule has 2 amide bonds. The Labute approximate surface area is 274 Å². The Balaban J connectivity index is 1.40. The molecule has 0 atom stereocenters. The van der Waals surface area contributed by atoms with E-state index in [4.69, 9.17) is 9.47 Å². The Bertz CT molecular complexity index is 1930. The van der Waals surface area contributed by atoms with Gasteiger partial charge in [-0.1, -0.05) is 32.9 Å². The molecule has 0 unspecified atom stereocenters. The summed E-state index contributed by atoms with van der Waals surface area (Å²) in [5.74, 6) is 1.11. The fraction of sp³-hybridized carbons (Fsp3) is 0.394. The van der Waals surface area contributed by atoms with Crippen molar-refractivity contribution >= 4 is 50.1 Å². The number of anilines is 3. The number of hydrogen-bond donors (Lipinski definition) is 3. The quantitative estimate of drug-likeness (QED) is 0.221. The first-order chi connectivity index (χ1) is 22.1. The maximum absolute atomic E-state index is 13.8. The minimum atomic E-state index is -3.63. The number of fused-ring (bicyclic) bond motifs is 1. The van der Waals surface area contributed by atoms with Crippen LogP contribution in [0.4, 0.5) is 17.3 Å². The third-order valence-electron chi connectivity index (χ3n) is 8.07. The van der Waals surface area contributed by atoms with Crippen molar-refractivity contribution in [2.24, 2.45) is 7.05 Å².